The average molecular weight is 384 g/mol. The molecule has 2 aliphatic heterocycles. The first-order valence-electron chi connectivity index (χ1n) is 10.3. The minimum Gasteiger partial charge on any atom is -0.356 e. The summed E-state index contributed by atoms with van der Waals surface area (Å²) in [5.74, 6) is 1.90. The lowest BCUT2D eigenvalue weighted by atomic mass is 9.92. The predicted octanol–water partition coefficient (Wildman–Crippen LogP) is 1.29. The molecule has 2 aromatic heterocycles. The molecule has 0 aliphatic carbocycles. The highest BCUT2D eigenvalue weighted by Crippen LogP contribution is 2.26. The number of rotatable bonds is 5. The van der Waals surface area contributed by atoms with Gasteiger partial charge in [0.05, 0.1) is 11.6 Å². The number of carbonyl (C=O) groups excluding carboxylic acids is 1. The molecule has 2 aromatic rings. The molecule has 8 heteroatoms. The Morgan fingerprint density at radius 1 is 1.18 bits per heavy atom. The van der Waals surface area contributed by atoms with Crippen molar-refractivity contribution in [2.75, 3.05) is 31.1 Å². The molecule has 0 radical (unpaired) electrons. The van der Waals surface area contributed by atoms with Gasteiger partial charge >= 0.3 is 0 Å². The largest absolute Gasteiger partial charge is 0.356 e. The van der Waals surface area contributed by atoms with Gasteiger partial charge < -0.3 is 15.5 Å². The van der Waals surface area contributed by atoms with Crippen molar-refractivity contribution in [3.05, 3.63) is 36.3 Å². The van der Waals surface area contributed by atoms with Crippen molar-refractivity contribution >= 4 is 11.7 Å². The van der Waals surface area contributed by atoms with Gasteiger partial charge in [0.2, 0.25) is 5.91 Å². The molecule has 0 saturated carbocycles. The van der Waals surface area contributed by atoms with E-state index in [1.807, 2.05) is 35.3 Å². The van der Waals surface area contributed by atoms with E-state index in [2.05, 4.69) is 25.1 Å². The average Bonchev–Trinajstić information content (AvgIpc) is 3.22. The second-order valence-electron chi connectivity index (χ2n) is 7.88. The first kappa shape index (κ1) is 18.9. The van der Waals surface area contributed by atoms with Gasteiger partial charge in [-0.05, 0) is 43.7 Å². The molecular formula is C20H29N7O. The summed E-state index contributed by atoms with van der Waals surface area (Å²) in [5, 5.41) is 8.19. The summed E-state index contributed by atoms with van der Waals surface area (Å²) in [5.41, 5.74) is 6.42. The highest BCUT2D eigenvalue weighted by atomic mass is 16.2. The molecule has 2 saturated heterocycles. The minimum absolute atomic E-state index is 0.0785. The molecule has 2 aliphatic rings. The molecule has 2 N–H and O–H groups in total. The number of nitrogens with zero attached hydrogens (tertiary/aromatic N) is 6. The van der Waals surface area contributed by atoms with Crippen LogP contribution in [0.15, 0.2) is 30.6 Å². The number of nitrogens with two attached hydrogens (primary N) is 1. The lowest BCUT2D eigenvalue weighted by Gasteiger charge is -2.38. The van der Waals surface area contributed by atoms with Gasteiger partial charge in [-0.2, -0.15) is 0 Å². The minimum atomic E-state index is 0.0785. The Balaban J connectivity index is 1.28. The van der Waals surface area contributed by atoms with Crippen molar-refractivity contribution in [2.45, 2.75) is 38.8 Å². The van der Waals surface area contributed by atoms with Crippen molar-refractivity contribution in [2.24, 2.45) is 17.6 Å². The number of likely N-dealkylation sites (tertiary alicyclic amines) is 1. The van der Waals surface area contributed by atoms with Crippen LogP contribution in [0.4, 0.5) is 5.82 Å². The lowest BCUT2D eigenvalue weighted by molar-refractivity contribution is -0.137. The summed E-state index contributed by atoms with van der Waals surface area (Å²) in [7, 11) is 0. The van der Waals surface area contributed by atoms with Gasteiger partial charge in [0.25, 0.3) is 0 Å². The van der Waals surface area contributed by atoms with Crippen molar-refractivity contribution in [3.63, 3.8) is 0 Å². The van der Waals surface area contributed by atoms with Crippen LogP contribution >= 0.6 is 0 Å². The summed E-state index contributed by atoms with van der Waals surface area (Å²) in [6.45, 7) is 4.70. The number of pyridine rings is 1. The third kappa shape index (κ3) is 4.32. The maximum absolute atomic E-state index is 13.1. The van der Waals surface area contributed by atoms with Gasteiger partial charge in [-0.15, -0.1) is 5.10 Å². The Bertz CT molecular complexity index is 770. The standard InChI is InChI=1S/C20H29N7O/c21-12-18-15-27(24-23-18)13-16-6-10-25(11-7-16)20(28)17-4-3-9-26(14-17)19-5-1-2-8-22-19/h1-2,5,8,15-17H,3-4,6-7,9-14,21H2. The molecule has 4 heterocycles. The normalized spacial score (nSPS) is 21.1. The van der Waals surface area contributed by atoms with Crippen LogP contribution in [0, 0.1) is 11.8 Å². The van der Waals surface area contributed by atoms with Gasteiger partial charge in [0.1, 0.15) is 5.82 Å². The van der Waals surface area contributed by atoms with Crippen molar-refractivity contribution in [3.8, 4) is 0 Å². The SMILES string of the molecule is NCc1cn(CC2CCN(C(=O)C3CCCN(c4ccccn4)C3)CC2)nn1. The molecule has 0 spiro atoms. The van der Waals surface area contributed by atoms with Gasteiger partial charge in [-0.1, -0.05) is 11.3 Å². The van der Waals surface area contributed by atoms with E-state index < -0.39 is 0 Å². The van der Waals surface area contributed by atoms with Crippen LogP contribution in [-0.2, 0) is 17.9 Å². The highest BCUT2D eigenvalue weighted by molar-refractivity contribution is 5.79. The van der Waals surface area contributed by atoms with E-state index in [0.29, 0.717) is 18.4 Å². The molecular weight excluding hydrogens is 354 g/mol. The Morgan fingerprint density at radius 3 is 2.75 bits per heavy atom. The summed E-state index contributed by atoms with van der Waals surface area (Å²) < 4.78 is 1.89. The quantitative estimate of drug-likeness (QED) is 0.836. The first-order chi connectivity index (χ1) is 13.7. The molecule has 8 nitrogen and oxygen atoms in total. The summed E-state index contributed by atoms with van der Waals surface area (Å²) in [6, 6.07) is 5.96. The highest BCUT2D eigenvalue weighted by Gasteiger charge is 2.32. The van der Waals surface area contributed by atoms with E-state index >= 15 is 0 Å². The maximum atomic E-state index is 13.1. The number of hydrogen-bond acceptors (Lipinski definition) is 6. The van der Waals surface area contributed by atoms with Gasteiger partial charge in [0.15, 0.2) is 0 Å². The van der Waals surface area contributed by atoms with E-state index in [1.165, 1.54) is 0 Å². The van der Waals surface area contributed by atoms with Gasteiger partial charge in [0, 0.05) is 51.7 Å². The Kier molecular flexibility index (Phi) is 5.85. The molecule has 1 amide bonds. The number of amides is 1. The van der Waals surface area contributed by atoms with E-state index in [9.17, 15) is 4.79 Å². The summed E-state index contributed by atoms with van der Waals surface area (Å²) in [4.78, 5) is 21.8. The number of piperidine rings is 2. The van der Waals surface area contributed by atoms with Crippen LogP contribution in [0.2, 0.25) is 0 Å². The number of aromatic nitrogens is 4. The fourth-order valence-corrected chi connectivity index (χ4v) is 4.31. The molecule has 1 unspecified atom stereocenters. The number of carbonyl (C=O) groups is 1. The van der Waals surface area contributed by atoms with Gasteiger partial charge in [-0.25, -0.2) is 4.98 Å². The summed E-state index contributed by atoms with van der Waals surface area (Å²) >= 11 is 0. The fraction of sp³-hybridized carbons (Fsp3) is 0.600. The Hall–Kier alpha value is -2.48. The van der Waals surface area contributed by atoms with Crippen LogP contribution in [0.25, 0.3) is 0 Å². The topological polar surface area (TPSA) is 93.2 Å². The van der Waals surface area contributed by atoms with E-state index in [0.717, 1.165) is 69.9 Å². The fourth-order valence-electron chi connectivity index (χ4n) is 4.31. The van der Waals surface area contributed by atoms with Crippen molar-refractivity contribution < 1.29 is 4.79 Å². The lowest BCUT2D eigenvalue weighted by Crippen LogP contribution is -2.47. The molecule has 150 valence electrons. The van der Waals surface area contributed by atoms with Crippen LogP contribution in [-0.4, -0.2) is 57.0 Å². The first-order valence-corrected chi connectivity index (χ1v) is 10.3. The number of anilines is 1. The van der Waals surface area contributed by atoms with E-state index in [4.69, 9.17) is 5.73 Å². The van der Waals surface area contributed by atoms with Crippen molar-refractivity contribution in [1.29, 1.82) is 0 Å². The zero-order valence-electron chi connectivity index (χ0n) is 16.3. The molecule has 4 rings (SSSR count). The zero-order valence-corrected chi connectivity index (χ0v) is 16.3. The third-order valence-corrected chi connectivity index (χ3v) is 5.91. The molecule has 28 heavy (non-hydrogen) atoms. The molecule has 2 fully saturated rings. The third-order valence-electron chi connectivity index (χ3n) is 5.91. The smallest absolute Gasteiger partial charge is 0.227 e. The second kappa shape index (κ2) is 8.68. The predicted molar refractivity (Wildman–Crippen MR) is 106 cm³/mol. The molecule has 0 aromatic carbocycles. The van der Waals surface area contributed by atoms with Crippen LogP contribution in [0.1, 0.15) is 31.4 Å². The Labute approximate surface area is 165 Å². The Morgan fingerprint density at radius 2 is 2.04 bits per heavy atom. The second-order valence-corrected chi connectivity index (χ2v) is 7.88. The molecule has 0 bridgehead atoms. The molecule has 1 atom stereocenters. The summed E-state index contributed by atoms with van der Waals surface area (Å²) in [6.07, 6.45) is 7.78. The van der Waals surface area contributed by atoms with Crippen LogP contribution < -0.4 is 10.6 Å². The van der Waals surface area contributed by atoms with Gasteiger partial charge in [-0.3, -0.25) is 9.48 Å². The number of hydrogen-bond donors (Lipinski definition) is 1. The van der Waals surface area contributed by atoms with Crippen LogP contribution in [0.3, 0.4) is 0 Å². The maximum Gasteiger partial charge on any atom is 0.227 e. The van der Waals surface area contributed by atoms with E-state index in [-0.39, 0.29) is 5.92 Å². The van der Waals surface area contributed by atoms with Crippen LogP contribution in [0.5, 0.6) is 0 Å². The zero-order chi connectivity index (χ0) is 19.3. The van der Waals surface area contributed by atoms with E-state index in [1.54, 1.807) is 0 Å². The monoisotopic (exact) mass is 383 g/mol. The van der Waals surface area contributed by atoms with Crippen molar-refractivity contribution in [1.82, 2.24) is 24.9 Å².